The molecule has 2 amide bonds. The first-order chi connectivity index (χ1) is 11.3. The number of hydrogen-bond acceptors (Lipinski definition) is 5. The van der Waals surface area contributed by atoms with Crippen LogP contribution < -0.4 is 20.7 Å². The quantitative estimate of drug-likeness (QED) is 0.466. The van der Waals surface area contributed by atoms with Gasteiger partial charge in [-0.25, -0.2) is 8.42 Å². The van der Waals surface area contributed by atoms with Crippen molar-refractivity contribution in [3.63, 3.8) is 0 Å². The molecule has 0 aliphatic carbocycles. The zero-order valence-electron chi connectivity index (χ0n) is 14.0. The number of carbonyl (C=O) groups is 2. The second kappa shape index (κ2) is 9.36. The van der Waals surface area contributed by atoms with Gasteiger partial charge in [-0.05, 0) is 51.2 Å². The van der Waals surface area contributed by atoms with Crippen LogP contribution in [-0.2, 0) is 19.6 Å². The van der Waals surface area contributed by atoms with E-state index in [2.05, 4.69) is 20.7 Å². The fraction of sp³-hybridized carbons (Fsp3) is 0.467. The average Bonchev–Trinajstić information content (AvgIpc) is 2.51. The van der Waals surface area contributed by atoms with Crippen LogP contribution >= 0.6 is 0 Å². The summed E-state index contributed by atoms with van der Waals surface area (Å²) in [6.07, 6.45) is 0.756. The SMILES string of the molecule is CNCCCNC(=O)C(C)NS(=O)(=O)c1ccc(NC(C)=O)cc1. The second-order valence-electron chi connectivity index (χ2n) is 5.30. The third kappa shape index (κ3) is 6.65. The van der Waals surface area contributed by atoms with Gasteiger partial charge in [-0.15, -0.1) is 0 Å². The van der Waals surface area contributed by atoms with E-state index in [1.54, 1.807) is 0 Å². The van der Waals surface area contributed by atoms with E-state index < -0.39 is 16.1 Å². The van der Waals surface area contributed by atoms with Gasteiger partial charge in [-0.1, -0.05) is 0 Å². The van der Waals surface area contributed by atoms with Gasteiger partial charge >= 0.3 is 0 Å². The Labute approximate surface area is 142 Å². The molecule has 1 unspecified atom stereocenters. The summed E-state index contributed by atoms with van der Waals surface area (Å²) < 4.78 is 26.9. The highest BCUT2D eigenvalue weighted by molar-refractivity contribution is 7.89. The number of benzene rings is 1. The molecule has 4 N–H and O–H groups in total. The lowest BCUT2D eigenvalue weighted by Crippen LogP contribution is -2.45. The van der Waals surface area contributed by atoms with Gasteiger partial charge in [-0.3, -0.25) is 9.59 Å². The molecule has 0 aliphatic heterocycles. The molecule has 24 heavy (non-hydrogen) atoms. The largest absolute Gasteiger partial charge is 0.355 e. The number of nitrogens with one attached hydrogen (secondary N) is 4. The predicted octanol–water partition coefficient (Wildman–Crippen LogP) is 0.0375. The molecule has 0 radical (unpaired) electrons. The molecule has 0 aliphatic rings. The topological polar surface area (TPSA) is 116 Å². The monoisotopic (exact) mass is 356 g/mol. The molecule has 1 atom stereocenters. The molecule has 0 fully saturated rings. The normalized spacial score (nSPS) is 12.5. The molecule has 0 heterocycles. The van der Waals surface area contributed by atoms with Gasteiger partial charge in [0.25, 0.3) is 0 Å². The van der Waals surface area contributed by atoms with Crippen molar-refractivity contribution in [2.45, 2.75) is 31.2 Å². The lowest BCUT2D eigenvalue weighted by atomic mass is 10.3. The van der Waals surface area contributed by atoms with Crippen LogP contribution in [0.5, 0.6) is 0 Å². The smallest absolute Gasteiger partial charge is 0.241 e. The molecule has 9 heteroatoms. The van der Waals surface area contributed by atoms with E-state index in [0.29, 0.717) is 12.2 Å². The minimum absolute atomic E-state index is 0.0198. The number of sulfonamides is 1. The first kappa shape index (κ1) is 20.1. The van der Waals surface area contributed by atoms with E-state index >= 15 is 0 Å². The summed E-state index contributed by atoms with van der Waals surface area (Å²) in [6.45, 7) is 4.08. The molecule has 1 aromatic carbocycles. The van der Waals surface area contributed by atoms with Crippen LogP contribution in [0, 0.1) is 0 Å². The van der Waals surface area contributed by atoms with Crippen molar-refractivity contribution in [2.75, 3.05) is 25.5 Å². The molecule has 1 rings (SSSR count). The molecule has 0 aromatic heterocycles. The van der Waals surface area contributed by atoms with Crippen LogP contribution in [0.2, 0.25) is 0 Å². The highest BCUT2D eigenvalue weighted by Gasteiger charge is 2.21. The van der Waals surface area contributed by atoms with Crippen LogP contribution in [0.4, 0.5) is 5.69 Å². The lowest BCUT2D eigenvalue weighted by molar-refractivity contribution is -0.122. The molecular formula is C15H24N4O4S. The maximum atomic E-state index is 12.3. The molecular weight excluding hydrogens is 332 g/mol. The molecule has 8 nitrogen and oxygen atoms in total. The van der Waals surface area contributed by atoms with Gasteiger partial charge in [0.05, 0.1) is 10.9 Å². The third-order valence-corrected chi connectivity index (χ3v) is 4.67. The highest BCUT2D eigenvalue weighted by atomic mass is 32.2. The summed E-state index contributed by atoms with van der Waals surface area (Å²) >= 11 is 0. The van der Waals surface area contributed by atoms with E-state index in [1.807, 2.05) is 7.05 Å². The zero-order valence-corrected chi connectivity index (χ0v) is 14.9. The Morgan fingerprint density at radius 1 is 1.12 bits per heavy atom. The first-order valence-electron chi connectivity index (χ1n) is 7.58. The number of hydrogen-bond donors (Lipinski definition) is 4. The van der Waals surface area contributed by atoms with Crippen molar-refractivity contribution in [3.05, 3.63) is 24.3 Å². The predicted molar refractivity (Wildman–Crippen MR) is 92.1 cm³/mol. The van der Waals surface area contributed by atoms with E-state index in [1.165, 1.54) is 38.1 Å². The van der Waals surface area contributed by atoms with Gasteiger partial charge in [0.15, 0.2) is 0 Å². The van der Waals surface area contributed by atoms with Crippen LogP contribution in [0.1, 0.15) is 20.3 Å². The Morgan fingerprint density at radius 3 is 2.29 bits per heavy atom. The Kier molecular flexibility index (Phi) is 7.83. The minimum Gasteiger partial charge on any atom is -0.355 e. The zero-order chi connectivity index (χ0) is 18.2. The third-order valence-electron chi connectivity index (χ3n) is 3.11. The van der Waals surface area contributed by atoms with Crippen molar-refractivity contribution in [2.24, 2.45) is 0 Å². The molecule has 1 aromatic rings. The maximum absolute atomic E-state index is 12.3. The molecule has 0 saturated heterocycles. The van der Waals surface area contributed by atoms with E-state index in [-0.39, 0.29) is 16.7 Å². The number of carbonyl (C=O) groups excluding carboxylic acids is 2. The summed E-state index contributed by atoms with van der Waals surface area (Å²) in [6, 6.07) is 4.81. The van der Waals surface area contributed by atoms with Crippen molar-refractivity contribution in [1.82, 2.24) is 15.4 Å². The number of anilines is 1. The fourth-order valence-corrected chi connectivity index (χ4v) is 3.11. The number of amides is 2. The van der Waals surface area contributed by atoms with Crippen LogP contribution in [-0.4, -0.2) is 46.4 Å². The Hall–Kier alpha value is -1.97. The van der Waals surface area contributed by atoms with Crippen molar-refractivity contribution >= 4 is 27.5 Å². The molecule has 0 spiro atoms. The first-order valence-corrected chi connectivity index (χ1v) is 9.07. The number of rotatable bonds is 9. The van der Waals surface area contributed by atoms with Crippen LogP contribution in [0.25, 0.3) is 0 Å². The van der Waals surface area contributed by atoms with E-state index in [9.17, 15) is 18.0 Å². The standard InChI is InChI=1S/C15H24N4O4S/c1-11(15(21)17-10-4-9-16-3)19-24(22,23)14-7-5-13(6-8-14)18-12(2)20/h5-8,11,16,19H,4,9-10H2,1-3H3,(H,17,21)(H,18,20). The summed E-state index contributed by atoms with van der Waals surface area (Å²) in [4.78, 5) is 22.9. The van der Waals surface area contributed by atoms with Gasteiger partial charge in [-0.2, -0.15) is 4.72 Å². The second-order valence-corrected chi connectivity index (χ2v) is 7.01. The summed E-state index contributed by atoms with van der Waals surface area (Å²) in [5, 5.41) is 8.18. The lowest BCUT2D eigenvalue weighted by Gasteiger charge is -2.14. The van der Waals surface area contributed by atoms with Crippen LogP contribution in [0.3, 0.4) is 0 Å². The molecule has 0 saturated carbocycles. The van der Waals surface area contributed by atoms with Crippen molar-refractivity contribution in [1.29, 1.82) is 0 Å². The van der Waals surface area contributed by atoms with Gasteiger partial charge < -0.3 is 16.0 Å². The minimum atomic E-state index is -3.82. The van der Waals surface area contributed by atoms with Crippen LogP contribution in [0.15, 0.2) is 29.2 Å². The molecule has 0 bridgehead atoms. The Balaban J connectivity index is 2.64. The maximum Gasteiger partial charge on any atom is 0.241 e. The Morgan fingerprint density at radius 2 is 1.75 bits per heavy atom. The van der Waals surface area contributed by atoms with Crippen molar-refractivity contribution < 1.29 is 18.0 Å². The van der Waals surface area contributed by atoms with E-state index in [0.717, 1.165) is 13.0 Å². The van der Waals surface area contributed by atoms with Crippen molar-refractivity contribution in [3.8, 4) is 0 Å². The Bertz CT molecular complexity index is 659. The summed E-state index contributed by atoms with van der Waals surface area (Å²) in [5.74, 6) is -0.628. The van der Waals surface area contributed by atoms with Gasteiger partial charge in [0.1, 0.15) is 0 Å². The molecule has 134 valence electrons. The average molecular weight is 356 g/mol. The highest BCUT2D eigenvalue weighted by Crippen LogP contribution is 2.14. The fourth-order valence-electron chi connectivity index (χ4n) is 1.90. The van der Waals surface area contributed by atoms with Gasteiger partial charge in [0, 0.05) is 19.2 Å². The summed E-state index contributed by atoms with van der Waals surface area (Å²) in [5.41, 5.74) is 0.497. The van der Waals surface area contributed by atoms with Gasteiger partial charge in [0.2, 0.25) is 21.8 Å². The van der Waals surface area contributed by atoms with E-state index in [4.69, 9.17) is 0 Å². The summed E-state index contributed by atoms with van der Waals surface area (Å²) in [7, 11) is -2.01.